The number of likely N-dealkylation sites (N-methyl/N-ethyl adjacent to an activating group) is 1. The summed E-state index contributed by atoms with van der Waals surface area (Å²) in [6.45, 7) is 2.21. The van der Waals surface area contributed by atoms with E-state index in [1.807, 2.05) is 0 Å². The largest absolute Gasteiger partial charge is 0.481 e. The molecule has 8 heteroatoms. The Morgan fingerprint density at radius 3 is 2.43 bits per heavy atom. The van der Waals surface area contributed by atoms with E-state index in [1.165, 1.54) is 23.3 Å². The minimum atomic E-state index is -0.892. The van der Waals surface area contributed by atoms with Crippen molar-refractivity contribution in [2.24, 2.45) is 11.8 Å². The molecule has 0 aromatic rings. The summed E-state index contributed by atoms with van der Waals surface area (Å²) >= 11 is 0. The topological polar surface area (TPSA) is 107 Å². The lowest BCUT2D eigenvalue weighted by Gasteiger charge is -2.32. The van der Waals surface area contributed by atoms with Gasteiger partial charge in [0.05, 0.1) is 12.5 Å². The van der Waals surface area contributed by atoms with Gasteiger partial charge >= 0.3 is 5.97 Å². The van der Waals surface area contributed by atoms with Crippen molar-refractivity contribution in [3.8, 4) is 0 Å². The molecule has 0 radical (unpaired) electrons. The number of hydrogen-bond acceptors (Lipinski definition) is 4. The van der Waals surface area contributed by atoms with Crippen molar-refractivity contribution in [3.63, 3.8) is 0 Å². The normalized spacial score (nSPS) is 21.6. The number of carboxylic acid groups (broad SMARTS) is 1. The molecule has 8 nitrogen and oxygen atoms in total. The van der Waals surface area contributed by atoms with Crippen LogP contribution in [0.4, 0.5) is 0 Å². The molecule has 2 rings (SSSR count). The predicted molar refractivity (Wildman–Crippen MR) is 103 cm³/mol. The molecule has 158 valence electrons. The zero-order valence-corrected chi connectivity index (χ0v) is 17.0. The van der Waals surface area contributed by atoms with Gasteiger partial charge in [0.15, 0.2) is 0 Å². The summed E-state index contributed by atoms with van der Waals surface area (Å²) in [5.74, 6) is -1.74. The first kappa shape index (κ1) is 22.2. The lowest BCUT2D eigenvalue weighted by Crippen LogP contribution is -2.50. The number of carboxylic acids is 1. The molecule has 1 aliphatic heterocycles. The van der Waals surface area contributed by atoms with Gasteiger partial charge in [0, 0.05) is 26.6 Å². The summed E-state index contributed by atoms with van der Waals surface area (Å²) in [6.07, 6.45) is 7.36. The van der Waals surface area contributed by atoms with E-state index in [4.69, 9.17) is 5.11 Å². The molecule has 2 unspecified atom stereocenters. The maximum Gasteiger partial charge on any atom is 0.308 e. The second-order valence-corrected chi connectivity index (χ2v) is 8.21. The molecule has 28 heavy (non-hydrogen) atoms. The van der Waals surface area contributed by atoms with E-state index in [2.05, 4.69) is 5.32 Å². The zero-order valence-electron chi connectivity index (χ0n) is 17.0. The molecule has 2 fully saturated rings. The first-order chi connectivity index (χ1) is 13.3. The molecule has 1 aliphatic carbocycles. The maximum atomic E-state index is 12.5. The highest BCUT2D eigenvalue weighted by Crippen LogP contribution is 2.26. The highest BCUT2D eigenvalue weighted by atomic mass is 16.4. The molecular formula is C20H33N3O5. The molecule has 0 spiro atoms. The molecule has 2 atom stereocenters. The molecule has 1 saturated carbocycles. The Kier molecular flexibility index (Phi) is 8.26. The second-order valence-electron chi connectivity index (χ2n) is 8.21. The van der Waals surface area contributed by atoms with Crippen LogP contribution in [0, 0.1) is 11.8 Å². The van der Waals surface area contributed by atoms with Gasteiger partial charge in [0.2, 0.25) is 17.7 Å². The Morgan fingerprint density at radius 2 is 1.79 bits per heavy atom. The molecule has 1 heterocycles. The predicted octanol–water partition coefficient (Wildman–Crippen LogP) is 1.24. The summed E-state index contributed by atoms with van der Waals surface area (Å²) in [6, 6.07) is -0.693. The van der Waals surface area contributed by atoms with Crippen LogP contribution in [0.3, 0.4) is 0 Å². The number of likely N-dealkylation sites (tertiary alicyclic amines) is 1. The van der Waals surface area contributed by atoms with E-state index in [9.17, 15) is 19.2 Å². The Morgan fingerprint density at radius 1 is 1.11 bits per heavy atom. The number of hydrogen-bond donors (Lipinski definition) is 2. The van der Waals surface area contributed by atoms with Crippen molar-refractivity contribution in [3.05, 3.63) is 0 Å². The van der Waals surface area contributed by atoms with Crippen LogP contribution in [0.1, 0.15) is 58.3 Å². The van der Waals surface area contributed by atoms with E-state index >= 15 is 0 Å². The van der Waals surface area contributed by atoms with Gasteiger partial charge in [-0.25, -0.2) is 0 Å². The summed E-state index contributed by atoms with van der Waals surface area (Å²) in [5, 5.41) is 11.9. The van der Waals surface area contributed by atoms with Gasteiger partial charge in [-0.3, -0.25) is 19.2 Å². The van der Waals surface area contributed by atoms with E-state index in [0.717, 1.165) is 25.7 Å². The van der Waals surface area contributed by atoms with Crippen molar-refractivity contribution in [2.45, 2.75) is 64.3 Å². The Labute approximate surface area is 166 Å². The van der Waals surface area contributed by atoms with Gasteiger partial charge < -0.3 is 20.2 Å². The quantitative estimate of drug-likeness (QED) is 0.674. The Hall–Kier alpha value is -2.12. The van der Waals surface area contributed by atoms with Gasteiger partial charge in [-0.1, -0.05) is 19.3 Å². The Balaban J connectivity index is 1.77. The smallest absolute Gasteiger partial charge is 0.308 e. The lowest BCUT2D eigenvalue weighted by atomic mass is 9.87. The summed E-state index contributed by atoms with van der Waals surface area (Å²) in [7, 11) is 1.53. The zero-order chi connectivity index (χ0) is 20.7. The second kappa shape index (κ2) is 10.4. The Bertz CT molecular complexity index is 588. The fraction of sp³-hybridized carbons (Fsp3) is 0.800. The number of piperidine rings is 1. The maximum absolute atomic E-state index is 12.5. The lowest BCUT2D eigenvalue weighted by molar-refractivity contribution is -0.147. The molecule has 3 amide bonds. The van der Waals surface area contributed by atoms with Crippen LogP contribution in [0.5, 0.6) is 0 Å². The molecule has 2 aliphatic rings. The third-order valence-corrected chi connectivity index (χ3v) is 5.82. The average Bonchev–Trinajstić information content (AvgIpc) is 2.67. The number of nitrogens with one attached hydrogen (secondary N) is 1. The van der Waals surface area contributed by atoms with E-state index < -0.39 is 17.9 Å². The van der Waals surface area contributed by atoms with Crippen LogP contribution in [0.25, 0.3) is 0 Å². The highest BCUT2D eigenvalue weighted by Gasteiger charge is 2.30. The van der Waals surface area contributed by atoms with Crippen LogP contribution in [-0.2, 0) is 19.2 Å². The average molecular weight is 396 g/mol. The van der Waals surface area contributed by atoms with Crippen molar-refractivity contribution < 1.29 is 24.3 Å². The number of carbonyl (C=O) groups excluding carboxylic acids is 3. The molecular weight excluding hydrogens is 362 g/mol. The monoisotopic (exact) mass is 395 g/mol. The standard InChI is InChI=1S/C20H33N3O5/c1-14(21-17(24)11-15-7-4-3-5-8-15)19(26)22(2)13-18(25)23-10-6-9-16(12-23)20(27)28/h14-16H,3-13H2,1-2H3,(H,21,24)(H,27,28). The first-order valence-corrected chi connectivity index (χ1v) is 10.3. The molecule has 1 saturated heterocycles. The van der Waals surface area contributed by atoms with Gasteiger partial charge in [-0.05, 0) is 38.5 Å². The van der Waals surface area contributed by atoms with Crippen molar-refractivity contribution in [2.75, 3.05) is 26.7 Å². The molecule has 0 bridgehead atoms. The fourth-order valence-corrected chi connectivity index (χ4v) is 4.13. The van der Waals surface area contributed by atoms with E-state index in [-0.39, 0.29) is 30.8 Å². The minimum Gasteiger partial charge on any atom is -0.481 e. The van der Waals surface area contributed by atoms with Gasteiger partial charge in [0.1, 0.15) is 6.04 Å². The van der Waals surface area contributed by atoms with Crippen molar-refractivity contribution in [1.29, 1.82) is 0 Å². The molecule has 0 aromatic heterocycles. The number of nitrogens with zero attached hydrogens (tertiary/aromatic N) is 2. The van der Waals surface area contributed by atoms with E-state index in [0.29, 0.717) is 31.7 Å². The van der Waals surface area contributed by atoms with Gasteiger partial charge in [-0.2, -0.15) is 0 Å². The molecule has 2 N–H and O–H groups in total. The fourth-order valence-electron chi connectivity index (χ4n) is 4.13. The van der Waals surface area contributed by atoms with Crippen LogP contribution in [0.15, 0.2) is 0 Å². The summed E-state index contributed by atoms with van der Waals surface area (Å²) in [5.41, 5.74) is 0. The van der Waals surface area contributed by atoms with Gasteiger partial charge in [-0.15, -0.1) is 0 Å². The van der Waals surface area contributed by atoms with Gasteiger partial charge in [0.25, 0.3) is 0 Å². The number of rotatable bonds is 7. The van der Waals surface area contributed by atoms with Crippen molar-refractivity contribution >= 4 is 23.7 Å². The highest BCUT2D eigenvalue weighted by molar-refractivity contribution is 5.90. The van der Waals surface area contributed by atoms with Crippen LogP contribution < -0.4 is 5.32 Å². The molecule has 0 aromatic carbocycles. The third-order valence-electron chi connectivity index (χ3n) is 5.82. The number of aliphatic carboxylic acids is 1. The third kappa shape index (κ3) is 6.49. The van der Waals surface area contributed by atoms with Crippen molar-refractivity contribution in [1.82, 2.24) is 15.1 Å². The minimum absolute atomic E-state index is 0.117. The number of amides is 3. The van der Waals surface area contributed by atoms with E-state index in [1.54, 1.807) is 6.92 Å². The number of carbonyl (C=O) groups is 4. The SMILES string of the molecule is CC(NC(=O)CC1CCCCC1)C(=O)N(C)CC(=O)N1CCCC(C(=O)O)C1. The van der Waals surface area contributed by atoms with Crippen LogP contribution >= 0.6 is 0 Å². The van der Waals surface area contributed by atoms with Crippen LogP contribution in [-0.4, -0.2) is 71.3 Å². The first-order valence-electron chi connectivity index (χ1n) is 10.3. The van der Waals surface area contributed by atoms with Crippen LogP contribution in [0.2, 0.25) is 0 Å². The summed E-state index contributed by atoms with van der Waals surface area (Å²) in [4.78, 5) is 51.1. The summed E-state index contributed by atoms with van der Waals surface area (Å²) < 4.78 is 0.